The smallest absolute Gasteiger partial charge is 0.210 e. The van der Waals surface area contributed by atoms with Gasteiger partial charge in [0.25, 0.3) is 0 Å². The van der Waals surface area contributed by atoms with E-state index in [1.54, 1.807) is 24.4 Å². The molecular weight excluding hydrogens is 521 g/mol. The standard InChI is InChI=1S/C25H25Cl2N7O.C3H8/c1-5-7-15(2)23(34-25(28-4)20(14-29-34)24-30-32-33-31-24)16(3)17-8-6-9-18(12-17)35-19-10-11-21(26)22(27)13-19;1-3-2/h6,8-15H,4-5,7H2,1-3H3,(H,30,31,32,33);3H2,1-2H3/b23-16+;. The molecule has 0 aliphatic carbocycles. The summed E-state index contributed by atoms with van der Waals surface area (Å²) in [6.45, 7) is 14.4. The molecule has 0 saturated carbocycles. The van der Waals surface area contributed by atoms with E-state index in [0.717, 1.165) is 29.7 Å². The second-order valence-electron chi connectivity index (χ2n) is 8.80. The number of hydrogen-bond acceptors (Lipinski definition) is 6. The van der Waals surface area contributed by atoms with E-state index in [2.05, 4.69) is 72.1 Å². The van der Waals surface area contributed by atoms with Crippen LogP contribution in [0.25, 0.3) is 22.7 Å². The molecule has 0 spiro atoms. The van der Waals surface area contributed by atoms with Gasteiger partial charge in [-0.1, -0.05) is 75.9 Å². The average molecular weight is 555 g/mol. The third-order valence-electron chi connectivity index (χ3n) is 5.67. The molecule has 2 heterocycles. The number of nitrogens with zero attached hydrogens (tertiary/aromatic N) is 6. The van der Waals surface area contributed by atoms with Crippen molar-refractivity contribution in [3.63, 3.8) is 0 Å². The number of benzene rings is 2. The minimum atomic E-state index is 0.193. The number of ether oxygens (including phenoxy) is 1. The molecule has 1 atom stereocenters. The lowest BCUT2D eigenvalue weighted by Gasteiger charge is -2.21. The van der Waals surface area contributed by atoms with Crippen LogP contribution >= 0.6 is 23.2 Å². The zero-order valence-corrected chi connectivity index (χ0v) is 23.9. The lowest BCUT2D eigenvalue weighted by Crippen LogP contribution is -2.10. The van der Waals surface area contributed by atoms with Crippen LogP contribution < -0.4 is 4.74 Å². The highest BCUT2D eigenvalue weighted by atomic mass is 35.5. The van der Waals surface area contributed by atoms with E-state index in [-0.39, 0.29) is 5.92 Å². The number of hydrogen-bond donors (Lipinski definition) is 1. The third-order valence-corrected chi connectivity index (χ3v) is 6.41. The molecule has 38 heavy (non-hydrogen) atoms. The predicted molar refractivity (Wildman–Crippen MR) is 156 cm³/mol. The number of allylic oxidation sites excluding steroid dienone is 2. The van der Waals surface area contributed by atoms with Crippen molar-refractivity contribution in [1.82, 2.24) is 30.4 Å². The van der Waals surface area contributed by atoms with Crippen molar-refractivity contribution in [2.45, 2.75) is 53.9 Å². The number of aromatic nitrogens is 6. The van der Waals surface area contributed by atoms with Gasteiger partial charge in [0, 0.05) is 6.07 Å². The average Bonchev–Trinajstić information content (AvgIpc) is 3.57. The molecule has 0 radical (unpaired) electrons. The Hall–Kier alpha value is -3.49. The maximum Gasteiger partial charge on any atom is 0.210 e. The molecule has 8 nitrogen and oxygen atoms in total. The van der Waals surface area contributed by atoms with Crippen molar-refractivity contribution in [2.75, 3.05) is 0 Å². The molecule has 200 valence electrons. The zero-order chi connectivity index (χ0) is 27.7. The summed E-state index contributed by atoms with van der Waals surface area (Å²) in [5.74, 6) is 2.45. The van der Waals surface area contributed by atoms with Crippen LogP contribution in [0, 0.1) is 5.92 Å². The first-order valence-electron chi connectivity index (χ1n) is 12.6. The van der Waals surface area contributed by atoms with Crippen molar-refractivity contribution >= 4 is 47.0 Å². The molecule has 0 aliphatic heterocycles. The minimum Gasteiger partial charge on any atom is -0.457 e. The van der Waals surface area contributed by atoms with Crippen molar-refractivity contribution in [2.24, 2.45) is 10.9 Å². The van der Waals surface area contributed by atoms with Gasteiger partial charge in [-0.15, -0.1) is 10.2 Å². The lowest BCUT2D eigenvalue weighted by atomic mass is 9.94. The lowest BCUT2D eigenvalue weighted by molar-refractivity contribution is 0.482. The summed E-state index contributed by atoms with van der Waals surface area (Å²) in [5.41, 5.74) is 3.69. The molecule has 0 bridgehead atoms. The first-order valence-corrected chi connectivity index (χ1v) is 13.3. The molecule has 4 aromatic rings. The van der Waals surface area contributed by atoms with Gasteiger partial charge in [-0.3, -0.25) is 0 Å². The number of aliphatic imine (C=N–C) groups is 1. The van der Waals surface area contributed by atoms with Gasteiger partial charge in [-0.05, 0) is 66.6 Å². The fourth-order valence-electron chi connectivity index (χ4n) is 4.03. The summed E-state index contributed by atoms with van der Waals surface area (Å²) >= 11 is 12.2. The molecule has 0 fully saturated rings. The van der Waals surface area contributed by atoms with Gasteiger partial charge in [-0.25, -0.2) is 9.67 Å². The number of H-pyrrole nitrogens is 1. The number of halogens is 2. The topological polar surface area (TPSA) is 93.9 Å². The van der Waals surface area contributed by atoms with Crippen LogP contribution in [0.15, 0.2) is 53.7 Å². The molecule has 4 rings (SSSR count). The summed E-state index contributed by atoms with van der Waals surface area (Å²) in [6.07, 6.45) is 4.93. The van der Waals surface area contributed by atoms with E-state index in [4.69, 9.17) is 27.9 Å². The summed E-state index contributed by atoms with van der Waals surface area (Å²) < 4.78 is 7.87. The summed E-state index contributed by atoms with van der Waals surface area (Å²) in [7, 11) is 0. The SMILES string of the molecule is C=Nc1c(-c2nn[nH]n2)cnn1/C(=C(\C)c1cccc(Oc2ccc(Cl)c(Cl)c2)c1)C(C)CCC.CCC. The van der Waals surface area contributed by atoms with Crippen LogP contribution in [0.1, 0.15) is 59.4 Å². The maximum absolute atomic E-state index is 6.15. The molecule has 0 aliphatic rings. The van der Waals surface area contributed by atoms with Crippen molar-refractivity contribution < 1.29 is 4.74 Å². The molecule has 10 heteroatoms. The van der Waals surface area contributed by atoms with E-state index in [9.17, 15) is 0 Å². The maximum atomic E-state index is 6.15. The van der Waals surface area contributed by atoms with E-state index < -0.39 is 0 Å². The van der Waals surface area contributed by atoms with Crippen LogP contribution in [0.2, 0.25) is 10.0 Å². The summed E-state index contributed by atoms with van der Waals surface area (Å²) in [6, 6.07) is 13.1. The second kappa shape index (κ2) is 13.9. The van der Waals surface area contributed by atoms with E-state index >= 15 is 0 Å². The van der Waals surface area contributed by atoms with Crippen molar-refractivity contribution in [3.05, 3.63) is 64.3 Å². The predicted octanol–water partition coefficient (Wildman–Crippen LogP) is 8.74. The Labute approximate surface area is 233 Å². The fourth-order valence-corrected chi connectivity index (χ4v) is 4.32. The highest BCUT2D eigenvalue weighted by Gasteiger charge is 2.23. The van der Waals surface area contributed by atoms with E-state index in [1.807, 2.05) is 28.9 Å². The van der Waals surface area contributed by atoms with Gasteiger partial charge < -0.3 is 4.74 Å². The summed E-state index contributed by atoms with van der Waals surface area (Å²) in [4.78, 5) is 4.26. The van der Waals surface area contributed by atoms with Crippen molar-refractivity contribution in [3.8, 4) is 22.9 Å². The quantitative estimate of drug-likeness (QED) is 0.209. The Morgan fingerprint density at radius 3 is 2.47 bits per heavy atom. The van der Waals surface area contributed by atoms with E-state index in [1.165, 1.54) is 6.42 Å². The van der Waals surface area contributed by atoms with Gasteiger partial charge in [0.1, 0.15) is 11.5 Å². The highest BCUT2D eigenvalue weighted by molar-refractivity contribution is 6.42. The molecule has 1 N–H and O–H groups in total. The van der Waals surface area contributed by atoms with Gasteiger partial charge in [0.05, 0.1) is 27.5 Å². The van der Waals surface area contributed by atoms with Gasteiger partial charge >= 0.3 is 0 Å². The molecule has 1 unspecified atom stereocenters. The van der Waals surface area contributed by atoms with Gasteiger partial charge in [0.2, 0.25) is 5.82 Å². The number of nitrogens with one attached hydrogen (secondary N) is 1. The van der Waals surface area contributed by atoms with Crippen LogP contribution in [0.4, 0.5) is 5.82 Å². The third kappa shape index (κ3) is 6.88. The summed E-state index contributed by atoms with van der Waals surface area (Å²) in [5, 5.41) is 19.8. The number of aromatic amines is 1. The van der Waals surface area contributed by atoms with Crippen LogP contribution in [-0.4, -0.2) is 37.1 Å². The first kappa shape index (κ1) is 29.1. The molecule has 2 aromatic heterocycles. The Balaban J connectivity index is 0.00000127. The molecule has 0 saturated heterocycles. The fraction of sp³-hybridized carbons (Fsp3) is 0.321. The molecular formula is C28H33Cl2N7O. The Morgan fingerprint density at radius 1 is 1.11 bits per heavy atom. The number of rotatable bonds is 9. The van der Waals surface area contributed by atoms with Gasteiger partial charge in [-0.2, -0.15) is 10.3 Å². The van der Waals surface area contributed by atoms with Crippen LogP contribution in [-0.2, 0) is 0 Å². The zero-order valence-electron chi connectivity index (χ0n) is 22.4. The number of tetrazole rings is 1. The molecule has 2 aromatic carbocycles. The van der Waals surface area contributed by atoms with Crippen molar-refractivity contribution in [1.29, 1.82) is 0 Å². The van der Waals surface area contributed by atoms with E-state index in [0.29, 0.717) is 38.8 Å². The second-order valence-corrected chi connectivity index (χ2v) is 9.61. The first-order chi connectivity index (χ1) is 18.3. The van der Waals surface area contributed by atoms with Gasteiger partial charge in [0.15, 0.2) is 5.82 Å². The van der Waals surface area contributed by atoms with Crippen LogP contribution in [0.5, 0.6) is 11.5 Å². The Morgan fingerprint density at radius 2 is 1.84 bits per heavy atom. The highest BCUT2D eigenvalue weighted by Crippen LogP contribution is 2.38. The minimum absolute atomic E-state index is 0.193. The Kier molecular flexibility index (Phi) is 10.6. The largest absolute Gasteiger partial charge is 0.457 e. The van der Waals surface area contributed by atoms with Crippen LogP contribution in [0.3, 0.4) is 0 Å². The normalized spacial score (nSPS) is 12.3. The monoisotopic (exact) mass is 553 g/mol. The Bertz CT molecular complexity index is 1380. The molecule has 0 amide bonds.